The number of benzene rings is 7. The summed E-state index contributed by atoms with van der Waals surface area (Å²) in [7, 11) is 0. The Morgan fingerprint density at radius 3 is 1.98 bits per heavy atom. The van der Waals surface area contributed by atoms with Gasteiger partial charge in [-0.25, -0.2) is 0 Å². The Balaban J connectivity index is 1.28. The second kappa shape index (κ2) is 8.90. The van der Waals surface area contributed by atoms with Gasteiger partial charge in [0, 0.05) is 39.4 Å². The zero-order chi connectivity index (χ0) is 29.9. The Hall–Kier alpha value is -5.80. The Bertz CT molecular complexity index is 2550. The number of nitrogens with zero attached hydrogens (tertiary/aromatic N) is 2. The lowest BCUT2D eigenvalue weighted by atomic mass is 9.34. The van der Waals surface area contributed by atoms with Crippen molar-refractivity contribution >= 4 is 62.0 Å². The molecule has 0 radical (unpaired) electrons. The van der Waals surface area contributed by atoms with Crippen LogP contribution in [0.4, 0.5) is 17.1 Å². The maximum Gasteiger partial charge on any atom is 0.252 e. The summed E-state index contributed by atoms with van der Waals surface area (Å²) in [5, 5.41) is 2.65. The number of hydrogen-bond donors (Lipinski definition) is 0. The second-order valence-electron chi connectivity index (χ2n) is 12.8. The van der Waals surface area contributed by atoms with Crippen molar-refractivity contribution in [1.29, 1.82) is 0 Å². The van der Waals surface area contributed by atoms with Crippen molar-refractivity contribution in [3.63, 3.8) is 0 Å². The number of anilines is 3. The van der Waals surface area contributed by atoms with E-state index in [2.05, 4.69) is 167 Å². The normalized spacial score (nSPS) is 15.1. The predicted molar refractivity (Wildman–Crippen MR) is 193 cm³/mol. The molecule has 1 aliphatic carbocycles. The number of aromatic nitrogens is 1. The molecular weight excluding hydrogens is 555 g/mol. The third-order valence-electron chi connectivity index (χ3n) is 10.6. The average Bonchev–Trinajstić information content (AvgIpc) is 3.63. The summed E-state index contributed by atoms with van der Waals surface area (Å²) in [6.45, 7) is 0.160. The van der Waals surface area contributed by atoms with Gasteiger partial charge in [-0.2, -0.15) is 0 Å². The van der Waals surface area contributed by atoms with E-state index in [1.165, 1.54) is 88.8 Å². The SMILES string of the molecule is c1ccc(C2c3ccccc3-c3cc4c(cc32)c2ccc3c5c2n4-c2ccccc2B5c2ccccc2N3c2ccccc2)cc1. The van der Waals surface area contributed by atoms with Crippen LogP contribution in [0.25, 0.3) is 38.6 Å². The summed E-state index contributed by atoms with van der Waals surface area (Å²) in [5.41, 5.74) is 18.6. The highest BCUT2D eigenvalue weighted by Gasteiger charge is 2.42. The van der Waals surface area contributed by atoms with Crippen molar-refractivity contribution in [2.45, 2.75) is 5.92 Å². The number of hydrogen-bond acceptors (Lipinski definition) is 1. The van der Waals surface area contributed by atoms with Crippen molar-refractivity contribution in [2.24, 2.45) is 0 Å². The average molecular weight is 583 g/mol. The zero-order valence-corrected chi connectivity index (χ0v) is 25.1. The number of fused-ring (bicyclic) bond motifs is 11. The van der Waals surface area contributed by atoms with Crippen molar-refractivity contribution in [3.8, 4) is 16.8 Å². The summed E-state index contributed by atoms with van der Waals surface area (Å²) in [4.78, 5) is 2.47. The summed E-state index contributed by atoms with van der Waals surface area (Å²) in [5.74, 6) is 0.221. The van der Waals surface area contributed by atoms with Gasteiger partial charge < -0.3 is 9.47 Å². The van der Waals surface area contributed by atoms with Gasteiger partial charge in [0.15, 0.2) is 0 Å². The molecule has 0 spiro atoms. The van der Waals surface area contributed by atoms with Crippen molar-refractivity contribution in [2.75, 3.05) is 4.90 Å². The van der Waals surface area contributed by atoms with E-state index in [4.69, 9.17) is 0 Å². The molecule has 1 atom stereocenters. The van der Waals surface area contributed by atoms with Crippen LogP contribution in [-0.2, 0) is 0 Å². The smallest absolute Gasteiger partial charge is 0.252 e. The van der Waals surface area contributed by atoms with Gasteiger partial charge in [0.25, 0.3) is 6.71 Å². The lowest BCUT2D eigenvalue weighted by Gasteiger charge is -2.39. The fraction of sp³-hybridized carbons (Fsp3) is 0.0233. The van der Waals surface area contributed by atoms with E-state index in [1.807, 2.05) is 0 Å². The minimum Gasteiger partial charge on any atom is -0.311 e. The maximum atomic E-state index is 2.57. The zero-order valence-electron chi connectivity index (χ0n) is 25.1. The fourth-order valence-electron chi connectivity index (χ4n) is 8.88. The van der Waals surface area contributed by atoms with Crippen LogP contribution in [0.2, 0.25) is 0 Å². The van der Waals surface area contributed by atoms with Gasteiger partial charge in [-0.3, -0.25) is 0 Å². The van der Waals surface area contributed by atoms with Crippen LogP contribution in [-0.4, -0.2) is 11.3 Å². The van der Waals surface area contributed by atoms with E-state index in [0.29, 0.717) is 0 Å². The van der Waals surface area contributed by atoms with E-state index in [-0.39, 0.29) is 12.6 Å². The third kappa shape index (κ3) is 3.03. The van der Waals surface area contributed by atoms with Gasteiger partial charge in [0.1, 0.15) is 0 Å². The molecule has 0 saturated heterocycles. The summed E-state index contributed by atoms with van der Waals surface area (Å²) >= 11 is 0. The van der Waals surface area contributed by atoms with Crippen LogP contribution in [0, 0.1) is 0 Å². The first-order valence-electron chi connectivity index (χ1n) is 16.2. The highest BCUT2D eigenvalue weighted by molar-refractivity contribution is 7.00. The lowest BCUT2D eigenvalue weighted by Crippen LogP contribution is -2.60. The summed E-state index contributed by atoms with van der Waals surface area (Å²) < 4.78 is 2.57. The molecule has 1 unspecified atom stereocenters. The van der Waals surface area contributed by atoms with Crippen molar-refractivity contribution < 1.29 is 0 Å². The van der Waals surface area contributed by atoms with E-state index in [9.17, 15) is 0 Å². The highest BCUT2D eigenvalue weighted by atomic mass is 15.2. The molecule has 0 saturated carbocycles. The van der Waals surface area contributed by atoms with Crippen molar-refractivity contribution in [3.05, 3.63) is 174 Å². The predicted octanol–water partition coefficient (Wildman–Crippen LogP) is 8.56. The highest BCUT2D eigenvalue weighted by Crippen LogP contribution is 2.51. The molecule has 3 heteroatoms. The Labute approximate surface area is 267 Å². The second-order valence-corrected chi connectivity index (χ2v) is 12.8. The monoisotopic (exact) mass is 582 g/mol. The Kier molecular flexibility index (Phi) is 4.74. The van der Waals surface area contributed by atoms with Crippen molar-refractivity contribution in [1.82, 2.24) is 4.57 Å². The molecule has 2 nitrogen and oxygen atoms in total. The molecule has 7 aromatic carbocycles. The van der Waals surface area contributed by atoms with Gasteiger partial charge in [-0.1, -0.05) is 115 Å². The minimum absolute atomic E-state index is 0.160. The van der Waals surface area contributed by atoms with Crippen LogP contribution < -0.4 is 21.3 Å². The minimum atomic E-state index is 0.160. The van der Waals surface area contributed by atoms with Gasteiger partial charge in [0.05, 0.1) is 11.0 Å². The molecule has 0 amide bonds. The molecular formula is C43H27BN2. The number of para-hydroxylation sites is 3. The van der Waals surface area contributed by atoms with Gasteiger partial charge in [-0.05, 0) is 86.7 Å². The molecule has 0 fully saturated rings. The van der Waals surface area contributed by atoms with E-state index >= 15 is 0 Å². The van der Waals surface area contributed by atoms with E-state index in [1.54, 1.807) is 0 Å². The lowest BCUT2D eigenvalue weighted by molar-refractivity contribution is 1.02. The molecule has 1 aromatic heterocycles. The maximum absolute atomic E-state index is 2.57. The van der Waals surface area contributed by atoms with Crippen LogP contribution in [0.3, 0.4) is 0 Å². The van der Waals surface area contributed by atoms with E-state index in [0.717, 1.165) is 0 Å². The van der Waals surface area contributed by atoms with Gasteiger partial charge >= 0.3 is 0 Å². The molecule has 46 heavy (non-hydrogen) atoms. The first kappa shape index (κ1) is 24.5. The first-order valence-corrected chi connectivity index (χ1v) is 16.2. The quantitative estimate of drug-likeness (QED) is 0.186. The summed E-state index contributed by atoms with van der Waals surface area (Å²) in [6.07, 6.45) is 0. The molecule has 0 bridgehead atoms. The largest absolute Gasteiger partial charge is 0.311 e. The topological polar surface area (TPSA) is 8.17 Å². The molecule has 212 valence electrons. The summed E-state index contributed by atoms with van der Waals surface area (Å²) in [6, 6.07) is 58.7. The Morgan fingerprint density at radius 1 is 0.478 bits per heavy atom. The first-order chi connectivity index (χ1) is 22.9. The Morgan fingerprint density at radius 2 is 1.15 bits per heavy atom. The van der Waals surface area contributed by atoms with Gasteiger partial charge in [0.2, 0.25) is 0 Å². The van der Waals surface area contributed by atoms with Crippen LogP contribution in [0.1, 0.15) is 22.6 Å². The molecule has 11 rings (SSSR count). The molecule has 3 aliphatic rings. The standard InChI is InChI=1S/C43H27BN2/c1-3-13-27(14-4-1)41-30-18-8-7-17-29(30)32-26-40-33(25-34(32)41)31-23-24-39-42-43(31)46(40)38-22-12-10-20-36(38)44(42)35-19-9-11-21-37(35)45(39)28-15-5-2-6-16-28/h1-26,41H. The molecule has 8 aromatic rings. The molecule has 0 N–H and O–H groups in total. The van der Waals surface area contributed by atoms with E-state index < -0.39 is 0 Å². The fourth-order valence-corrected chi connectivity index (χ4v) is 8.88. The number of rotatable bonds is 2. The van der Waals surface area contributed by atoms with Crippen LogP contribution >= 0.6 is 0 Å². The third-order valence-corrected chi connectivity index (χ3v) is 10.6. The van der Waals surface area contributed by atoms with Crippen LogP contribution in [0.5, 0.6) is 0 Å². The molecule has 3 heterocycles. The molecule has 2 aliphatic heterocycles. The van der Waals surface area contributed by atoms with Crippen LogP contribution in [0.15, 0.2) is 158 Å². The van der Waals surface area contributed by atoms with Gasteiger partial charge in [-0.15, -0.1) is 0 Å².